The van der Waals surface area contributed by atoms with Gasteiger partial charge in [0.05, 0.1) is 0 Å². The Kier molecular flexibility index (Phi) is 4.49. The maximum Gasteiger partial charge on any atom is 0.341 e. The summed E-state index contributed by atoms with van der Waals surface area (Å²) in [5, 5.41) is 9.42. The third-order valence-electron chi connectivity index (χ3n) is 1.75. The average molecular weight is 325 g/mol. The first-order valence-electron chi connectivity index (χ1n) is 4.40. The van der Waals surface area contributed by atoms with Crippen molar-refractivity contribution in [2.45, 2.75) is 0 Å². The molecule has 0 amide bonds. The van der Waals surface area contributed by atoms with Crippen molar-refractivity contribution in [1.29, 1.82) is 0 Å². The lowest BCUT2D eigenvalue weighted by molar-refractivity contribution is 0.0525. The van der Waals surface area contributed by atoms with Crippen LogP contribution in [0, 0.1) is 0 Å². The molecule has 0 aliphatic heterocycles. The molecule has 1 aromatic rings. The van der Waals surface area contributed by atoms with Crippen LogP contribution in [0.3, 0.4) is 0 Å². The molecule has 2 N–H and O–H groups in total. The van der Waals surface area contributed by atoms with E-state index in [2.05, 4.69) is 20.7 Å². The first-order valence-corrected chi connectivity index (χ1v) is 6.80. The van der Waals surface area contributed by atoms with Crippen molar-refractivity contribution in [3.05, 3.63) is 28.2 Å². The molecule has 0 spiro atoms. The van der Waals surface area contributed by atoms with Gasteiger partial charge in [0.15, 0.2) is 0 Å². The van der Waals surface area contributed by atoms with Gasteiger partial charge in [-0.3, -0.25) is 4.55 Å². The molecule has 0 saturated carbocycles. The van der Waals surface area contributed by atoms with Crippen molar-refractivity contribution < 1.29 is 27.6 Å². The third kappa shape index (κ3) is 4.72. The second-order valence-electron chi connectivity index (χ2n) is 3.08. The minimum Gasteiger partial charge on any atom is -0.507 e. The van der Waals surface area contributed by atoms with Crippen LogP contribution in [0.4, 0.5) is 0 Å². The van der Waals surface area contributed by atoms with Crippen LogP contribution in [0.2, 0.25) is 0 Å². The number of rotatable bonds is 4. The van der Waals surface area contributed by atoms with Gasteiger partial charge in [0.1, 0.15) is 23.7 Å². The van der Waals surface area contributed by atoms with E-state index < -0.39 is 28.4 Å². The predicted molar refractivity (Wildman–Crippen MR) is 62.5 cm³/mol. The second-order valence-corrected chi connectivity index (χ2v) is 5.57. The number of esters is 1. The Morgan fingerprint density at radius 1 is 1.41 bits per heavy atom. The van der Waals surface area contributed by atoms with E-state index in [1.807, 2.05) is 0 Å². The Hall–Kier alpha value is -1.12. The SMILES string of the molecule is O=C(OCCS(=O)(=O)O)c1ccc(Br)cc1O. The summed E-state index contributed by atoms with van der Waals surface area (Å²) in [5.41, 5.74) is -0.0801. The number of hydrogen-bond acceptors (Lipinski definition) is 5. The van der Waals surface area contributed by atoms with Gasteiger partial charge in [-0.1, -0.05) is 15.9 Å². The lowest BCUT2D eigenvalue weighted by Crippen LogP contribution is -2.14. The molecule has 0 heterocycles. The lowest BCUT2D eigenvalue weighted by atomic mass is 10.2. The molecule has 0 aromatic heterocycles. The van der Waals surface area contributed by atoms with Gasteiger partial charge in [-0.15, -0.1) is 0 Å². The van der Waals surface area contributed by atoms with E-state index in [4.69, 9.17) is 4.55 Å². The minimum absolute atomic E-state index is 0.0801. The van der Waals surface area contributed by atoms with E-state index >= 15 is 0 Å². The van der Waals surface area contributed by atoms with Crippen LogP contribution in [0.25, 0.3) is 0 Å². The molecular weight excluding hydrogens is 316 g/mol. The normalized spacial score (nSPS) is 11.2. The number of carbonyl (C=O) groups excluding carboxylic acids is 1. The van der Waals surface area contributed by atoms with Crippen LogP contribution in [-0.4, -0.2) is 36.4 Å². The number of phenols is 1. The summed E-state index contributed by atoms with van der Waals surface area (Å²) in [7, 11) is -4.17. The fourth-order valence-electron chi connectivity index (χ4n) is 0.995. The topological polar surface area (TPSA) is 101 Å². The molecule has 8 heteroatoms. The minimum atomic E-state index is -4.17. The van der Waals surface area contributed by atoms with Crippen molar-refractivity contribution in [2.75, 3.05) is 12.4 Å². The molecule has 17 heavy (non-hydrogen) atoms. The number of halogens is 1. The standard InChI is InChI=1S/C9H9BrO6S/c10-6-1-2-7(8(11)5-6)9(12)16-3-4-17(13,14)15/h1-2,5,11H,3-4H2,(H,13,14,15). The van der Waals surface area contributed by atoms with Gasteiger partial charge in [0, 0.05) is 4.47 Å². The molecule has 0 saturated heterocycles. The average Bonchev–Trinajstić information content (AvgIpc) is 2.15. The third-order valence-corrected chi connectivity index (χ3v) is 2.93. The Labute approximate surface area is 106 Å². The van der Waals surface area contributed by atoms with E-state index in [0.29, 0.717) is 4.47 Å². The van der Waals surface area contributed by atoms with Gasteiger partial charge < -0.3 is 9.84 Å². The van der Waals surface area contributed by atoms with Crippen LogP contribution < -0.4 is 0 Å². The summed E-state index contributed by atoms with van der Waals surface area (Å²) in [6.07, 6.45) is 0. The summed E-state index contributed by atoms with van der Waals surface area (Å²) in [5.74, 6) is -1.83. The summed E-state index contributed by atoms with van der Waals surface area (Å²) in [6, 6.07) is 4.16. The number of ether oxygens (including phenoxy) is 1. The van der Waals surface area contributed by atoms with Gasteiger partial charge >= 0.3 is 5.97 Å². The van der Waals surface area contributed by atoms with E-state index in [1.54, 1.807) is 0 Å². The van der Waals surface area contributed by atoms with Crippen molar-refractivity contribution >= 4 is 32.0 Å². The molecule has 0 aliphatic rings. The van der Waals surface area contributed by atoms with E-state index in [0.717, 1.165) is 0 Å². The van der Waals surface area contributed by atoms with Gasteiger partial charge in [0.25, 0.3) is 10.1 Å². The first kappa shape index (κ1) is 13.9. The molecule has 94 valence electrons. The van der Waals surface area contributed by atoms with Crippen LogP contribution in [0.1, 0.15) is 10.4 Å². The Balaban J connectivity index is 2.65. The molecule has 1 aromatic carbocycles. The quantitative estimate of drug-likeness (QED) is 0.637. The molecule has 6 nitrogen and oxygen atoms in total. The highest BCUT2D eigenvalue weighted by molar-refractivity contribution is 9.10. The number of aromatic hydroxyl groups is 1. The highest BCUT2D eigenvalue weighted by atomic mass is 79.9. The Morgan fingerprint density at radius 2 is 2.06 bits per heavy atom. The summed E-state index contributed by atoms with van der Waals surface area (Å²) in [4.78, 5) is 11.4. The number of carbonyl (C=O) groups is 1. The fraction of sp³-hybridized carbons (Fsp3) is 0.222. The second kappa shape index (κ2) is 5.48. The molecule has 0 radical (unpaired) electrons. The van der Waals surface area contributed by atoms with Gasteiger partial charge in [-0.05, 0) is 18.2 Å². The molecular formula is C9H9BrO6S. The zero-order chi connectivity index (χ0) is 13.1. The molecule has 0 bridgehead atoms. The number of benzene rings is 1. The van der Waals surface area contributed by atoms with Crippen molar-refractivity contribution in [3.63, 3.8) is 0 Å². The smallest absolute Gasteiger partial charge is 0.341 e. The largest absolute Gasteiger partial charge is 0.507 e. The van der Waals surface area contributed by atoms with Crippen molar-refractivity contribution in [3.8, 4) is 5.75 Å². The van der Waals surface area contributed by atoms with Crippen LogP contribution in [-0.2, 0) is 14.9 Å². The molecule has 0 fully saturated rings. The fourth-order valence-corrected chi connectivity index (χ4v) is 1.64. The summed E-state index contributed by atoms with van der Waals surface area (Å²) >= 11 is 3.10. The van der Waals surface area contributed by atoms with Crippen LogP contribution in [0.15, 0.2) is 22.7 Å². The van der Waals surface area contributed by atoms with Crippen LogP contribution >= 0.6 is 15.9 Å². The van der Waals surface area contributed by atoms with E-state index in [-0.39, 0.29) is 11.3 Å². The molecule has 1 rings (SSSR count). The van der Waals surface area contributed by atoms with Crippen molar-refractivity contribution in [1.82, 2.24) is 0 Å². The molecule has 0 aliphatic carbocycles. The maximum atomic E-state index is 11.4. The summed E-state index contributed by atoms with van der Waals surface area (Å²) < 4.78 is 34.3. The molecule has 0 atom stereocenters. The van der Waals surface area contributed by atoms with E-state index in [1.165, 1.54) is 18.2 Å². The zero-order valence-corrected chi connectivity index (χ0v) is 10.9. The lowest BCUT2D eigenvalue weighted by Gasteiger charge is -2.05. The maximum absolute atomic E-state index is 11.4. The first-order chi connectivity index (χ1) is 7.79. The van der Waals surface area contributed by atoms with Gasteiger partial charge in [0.2, 0.25) is 0 Å². The number of phenolic OH excluding ortho intramolecular Hbond substituents is 1. The Morgan fingerprint density at radius 3 is 2.59 bits per heavy atom. The summed E-state index contributed by atoms with van der Waals surface area (Å²) in [6.45, 7) is -0.479. The number of hydrogen-bond donors (Lipinski definition) is 2. The van der Waals surface area contributed by atoms with Crippen LogP contribution in [0.5, 0.6) is 5.75 Å². The molecule has 0 unspecified atom stereocenters. The highest BCUT2D eigenvalue weighted by Gasteiger charge is 2.14. The monoisotopic (exact) mass is 324 g/mol. The Bertz CT molecular complexity index is 524. The van der Waals surface area contributed by atoms with Gasteiger partial charge in [-0.25, -0.2) is 4.79 Å². The van der Waals surface area contributed by atoms with Gasteiger partial charge in [-0.2, -0.15) is 8.42 Å². The zero-order valence-electron chi connectivity index (χ0n) is 8.46. The van der Waals surface area contributed by atoms with Crippen molar-refractivity contribution in [2.24, 2.45) is 0 Å². The highest BCUT2D eigenvalue weighted by Crippen LogP contribution is 2.22. The van der Waals surface area contributed by atoms with E-state index in [9.17, 15) is 18.3 Å². The predicted octanol–water partition coefficient (Wildman–Crippen LogP) is 1.20.